The van der Waals surface area contributed by atoms with Crippen molar-refractivity contribution in [3.05, 3.63) is 0 Å². The number of hydrogen-bond donors (Lipinski definition) is 0. The molecule has 17 heavy (non-hydrogen) atoms. The van der Waals surface area contributed by atoms with E-state index in [1.54, 1.807) is 0 Å². The first kappa shape index (κ1) is 13.8. The van der Waals surface area contributed by atoms with Gasteiger partial charge in [0.2, 0.25) is 0 Å². The summed E-state index contributed by atoms with van der Waals surface area (Å²) in [4.78, 5) is 2.67. The molecule has 0 aromatic rings. The van der Waals surface area contributed by atoms with Gasteiger partial charge < -0.3 is 9.64 Å². The number of nitrogens with zero attached hydrogens (tertiary/aromatic N) is 1. The Balaban J connectivity index is 1.61. The predicted molar refractivity (Wildman–Crippen MR) is 75.8 cm³/mol. The van der Waals surface area contributed by atoms with Crippen LogP contribution in [0, 0.1) is 5.92 Å². The van der Waals surface area contributed by atoms with Gasteiger partial charge in [-0.05, 0) is 31.6 Å². The fourth-order valence-corrected chi connectivity index (χ4v) is 3.39. The zero-order valence-electron chi connectivity index (χ0n) is 10.9. The Bertz CT molecular complexity index is 198. The maximum atomic E-state index is 5.80. The highest BCUT2D eigenvalue weighted by Gasteiger charge is 2.22. The van der Waals surface area contributed by atoms with Gasteiger partial charge in [-0.25, -0.2) is 0 Å². The summed E-state index contributed by atoms with van der Waals surface area (Å²) < 4.78 is 5.80. The van der Waals surface area contributed by atoms with Crippen LogP contribution in [0.5, 0.6) is 0 Å². The van der Waals surface area contributed by atoms with Gasteiger partial charge in [-0.2, -0.15) is 0 Å². The second kappa shape index (κ2) is 7.75. The fourth-order valence-electron chi connectivity index (χ4n) is 3.20. The van der Waals surface area contributed by atoms with Crippen LogP contribution in [-0.4, -0.2) is 42.6 Å². The summed E-state index contributed by atoms with van der Waals surface area (Å²) in [5.74, 6) is 0.990. The predicted octanol–water partition coefficient (Wildman–Crippen LogP) is 3.44. The average molecular weight is 304 g/mol. The molecule has 0 aromatic carbocycles. The van der Waals surface area contributed by atoms with Crippen molar-refractivity contribution in [3.63, 3.8) is 0 Å². The molecule has 0 amide bonds. The minimum Gasteiger partial charge on any atom is -0.377 e. The van der Waals surface area contributed by atoms with Gasteiger partial charge in [0.05, 0.1) is 12.7 Å². The van der Waals surface area contributed by atoms with Crippen LogP contribution in [0.3, 0.4) is 0 Å². The van der Waals surface area contributed by atoms with Crippen molar-refractivity contribution in [1.82, 2.24) is 4.90 Å². The number of hydrogen-bond acceptors (Lipinski definition) is 2. The van der Waals surface area contributed by atoms with Gasteiger partial charge in [0.1, 0.15) is 0 Å². The van der Waals surface area contributed by atoms with Gasteiger partial charge in [0.25, 0.3) is 0 Å². The number of alkyl halides is 1. The second-order valence-electron chi connectivity index (χ2n) is 5.56. The van der Waals surface area contributed by atoms with Crippen molar-refractivity contribution in [2.75, 3.05) is 31.6 Å². The van der Waals surface area contributed by atoms with Gasteiger partial charge in [-0.1, -0.05) is 35.2 Å². The Morgan fingerprint density at radius 2 is 1.71 bits per heavy atom. The Kier molecular flexibility index (Phi) is 6.30. The molecule has 1 saturated heterocycles. The van der Waals surface area contributed by atoms with Crippen LogP contribution >= 0.6 is 15.9 Å². The summed E-state index contributed by atoms with van der Waals surface area (Å²) in [7, 11) is 0. The molecule has 0 atom stereocenters. The van der Waals surface area contributed by atoms with Crippen LogP contribution in [0.15, 0.2) is 0 Å². The van der Waals surface area contributed by atoms with E-state index in [2.05, 4.69) is 20.8 Å². The highest BCUT2D eigenvalue weighted by molar-refractivity contribution is 9.09. The third-order valence-corrected chi connectivity index (χ3v) is 4.53. The maximum absolute atomic E-state index is 5.80. The Hall–Kier alpha value is 0.400. The first-order chi connectivity index (χ1) is 8.38. The average Bonchev–Trinajstić information content (AvgIpc) is 2.39. The van der Waals surface area contributed by atoms with Gasteiger partial charge in [-0.15, -0.1) is 0 Å². The highest BCUT2D eigenvalue weighted by atomic mass is 79.9. The Morgan fingerprint density at radius 1 is 1.00 bits per heavy atom. The van der Waals surface area contributed by atoms with Crippen molar-refractivity contribution in [2.45, 2.75) is 51.0 Å². The second-order valence-corrected chi connectivity index (χ2v) is 6.36. The molecular weight excluding hydrogens is 278 g/mol. The van der Waals surface area contributed by atoms with E-state index in [9.17, 15) is 0 Å². The third kappa shape index (κ3) is 4.88. The highest BCUT2D eigenvalue weighted by Crippen LogP contribution is 2.25. The van der Waals surface area contributed by atoms with E-state index >= 15 is 0 Å². The lowest BCUT2D eigenvalue weighted by atomic mass is 9.88. The molecule has 0 radical (unpaired) electrons. The summed E-state index contributed by atoms with van der Waals surface area (Å²) in [5, 5.41) is 0.968. The van der Waals surface area contributed by atoms with E-state index in [0.29, 0.717) is 6.10 Å². The van der Waals surface area contributed by atoms with E-state index in [1.807, 2.05) is 0 Å². The van der Waals surface area contributed by atoms with Crippen LogP contribution in [0.4, 0.5) is 0 Å². The molecule has 1 aliphatic carbocycles. The maximum Gasteiger partial charge on any atom is 0.0599 e. The largest absolute Gasteiger partial charge is 0.377 e. The molecule has 0 bridgehead atoms. The van der Waals surface area contributed by atoms with Crippen LogP contribution < -0.4 is 0 Å². The summed E-state index contributed by atoms with van der Waals surface area (Å²) in [6, 6.07) is 0. The SMILES string of the molecule is BrCCOC1CCN(CC2CCCCC2)CC1. The molecule has 2 aliphatic rings. The Labute approximate surface area is 114 Å². The van der Waals surface area contributed by atoms with Gasteiger partial charge in [0.15, 0.2) is 0 Å². The molecule has 0 unspecified atom stereocenters. The van der Waals surface area contributed by atoms with Gasteiger partial charge in [0, 0.05) is 25.0 Å². The van der Waals surface area contributed by atoms with Crippen molar-refractivity contribution in [1.29, 1.82) is 0 Å². The molecule has 2 rings (SSSR count). The summed E-state index contributed by atoms with van der Waals surface area (Å²) in [5.41, 5.74) is 0. The third-order valence-electron chi connectivity index (χ3n) is 4.21. The molecular formula is C14H26BrNO. The van der Waals surface area contributed by atoms with Crippen molar-refractivity contribution < 1.29 is 4.74 Å². The monoisotopic (exact) mass is 303 g/mol. The van der Waals surface area contributed by atoms with Crippen molar-refractivity contribution in [2.24, 2.45) is 5.92 Å². The van der Waals surface area contributed by atoms with Crippen LogP contribution in [0.25, 0.3) is 0 Å². The summed E-state index contributed by atoms with van der Waals surface area (Å²) in [6.45, 7) is 4.73. The number of halogens is 1. The van der Waals surface area contributed by atoms with E-state index in [-0.39, 0.29) is 0 Å². The minimum absolute atomic E-state index is 0.523. The van der Waals surface area contributed by atoms with Crippen LogP contribution in [0.2, 0.25) is 0 Å². The number of piperidine rings is 1. The first-order valence-corrected chi connectivity index (χ1v) is 8.40. The zero-order valence-corrected chi connectivity index (χ0v) is 12.5. The summed E-state index contributed by atoms with van der Waals surface area (Å²) >= 11 is 3.42. The minimum atomic E-state index is 0.523. The molecule has 1 heterocycles. The van der Waals surface area contributed by atoms with Gasteiger partial charge in [-0.3, -0.25) is 0 Å². The molecule has 100 valence electrons. The lowest BCUT2D eigenvalue weighted by Crippen LogP contribution is -2.40. The van der Waals surface area contributed by atoms with E-state index < -0.39 is 0 Å². The fraction of sp³-hybridized carbons (Fsp3) is 1.00. The van der Waals surface area contributed by atoms with Crippen LogP contribution in [0.1, 0.15) is 44.9 Å². The van der Waals surface area contributed by atoms with Gasteiger partial charge >= 0.3 is 0 Å². The Morgan fingerprint density at radius 3 is 2.35 bits per heavy atom. The van der Waals surface area contributed by atoms with Crippen LogP contribution in [-0.2, 0) is 4.74 Å². The molecule has 0 N–H and O–H groups in total. The van der Waals surface area contributed by atoms with E-state index in [4.69, 9.17) is 4.74 Å². The molecule has 0 spiro atoms. The van der Waals surface area contributed by atoms with E-state index in [1.165, 1.54) is 64.6 Å². The molecule has 3 heteroatoms. The molecule has 1 saturated carbocycles. The smallest absolute Gasteiger partial charge is 0.0599 e. The number of ether oxygens (including phenoxy) is 1. The standard InChI is InChI=1S/C14H26BrNO/c15-8-11-17-14-6-9-16(10-7-14)12-13-4-2-1-3-5-13/h13-14H,1-12H2. The number of rotatable bonds is 5. The number of likely N-dealkylation sites (tertiary alicyclic amines) is 1. The first-order valence-electron chi connectivity index (χ1n) is 7.28. The lowest BCUT2D eigenvalue weighted by Gasteiger charge is -2.35. The lowest BCUT2D eigenvalue weighted by molar-refractivity contribution is 0.0114. The van der Waals surface area contributed by atoms with E-state index in [0.717, 1.165) is 17.9 Å². The quantitative estimate of drug-likeness (QED) is 0.721. The summed E-state index contributed by atoms with van der Waals surface area (Å²) in [6.07, 6.45) is 10.3. The zero-order chi connectivity index (χ0) is 11.9. The molecule has 0 aromatic heterocycles. The normalized spacial score (nSPS) is 25.2. The molecule has 2 nitrogen and oxygen atoms in total. The molecule has 2 fully saturated rings. The van der Waals surface area contributed by atoms with Crippen molar-refractivity contribution >= 4 is 15.9 Å². The molecule has 1 aliphatic heterocycles. The topological polar surface area (TPSA) is 12.5 Å². The van der Waals surface area contributed by atoms with Crippen molar-refractivity contribution in [3.8, 4) is 0 Å².